The number of hydrogen-bond acceptors (Lipinski definition) is 2. The van der Waals surface area contributed by atoms with Crippen molar-refractivity contribution in [2.24, 2.45) is 0 Å². The Bertz CT molecular complexity index is 630. The van der Waals surface area contributed by atoms with E-state index in [0.717, 1.165) is 18.4 Å². The van der Waals surface area contributed by atoms with Crippen LogP contribution in [0.4, 0.5) is 0 Å². The molecule has 3 rings (SSSR count). The van der Waals surface area contributed by atoms with Gasteiger partial charge in [0.25, 0.3) is 0 Å². The lowest BCUT2D eigenvalue weighted by Gasteiger charge is -2.40. The molecule has 2 aliphatic heterocycles. The zero-order chi connectivity index (χ0) is 18.5. The molecule has 2 heterocycles. The standard InChI is InChI=1S/C22H34O2S/c1-13(2)16-9-19(14(3)4)21(20(10-16)15(5)6)22(23)11-17-7-8-18(12-22)25(17)24/h9-10,13-15,17-18,23H,7-8,11-12H2,1-6H3. The first-order valence-corrected chi connectivity index (χ1v) is 11.2. The fourth-order valence-electron chi connectivity index (χ4n) is 4.78. The maximum atomic E-state index is 12.5. The topological polar surface area (TPSA) is 37.3 Å². The summed E-state index contributed by atoms with van der Waals surface area (Å²) in [5.41, 5.74) is 4.31. The normalized spacial score (nSPS) is 32.2. The van der Waals surface area contributed by atoms with Gasteiger partial charge in [0, 0.05) is 21.3 Å². The average Bonchev–Trinajstić information content (AvgIpc) is 2.76. The zero-order valence-corrected chi connectivity index (χ0v) is 17.5. The van der Waals surface area contributed by atoms with E-state index in [1.807, 2.05) is 0 Å². The lowest BCUT2D eigenvalue weighted by Crippen LogP contribution is -2.41. The molecule has 2 unspecified atom stereocenters. The van der Waals surface area contributed by atoms with E-state index in [-0.39, 0.29) is 10.5 Å². The summed E-state index contributed by atoms with van der Waals surface area (Å²) in [6, 6.07) is 4.64. The highest BCUT2D eigenvalue weighted by Crippen LogP contribution is 2.49. The van der Waals surface area contributed by atoms with Crippen LogP contribution < -0.4 is 0 Å². The van der Waals surface area contributed by atoms with Crippen molar-refractivity contribution < 1.29 is 9.32 Å². The van der Waals surface area contributed by atoms with Gasteiger partial charge in [-0.3, -0.25) is 4.21 Å². The minimum Gasteiger partial charge on any atom is -0.385 e. The van der Waals surface area contributed by atoms with E-state index in [1.54, 1.807) is 0 Å². The highest BCUT2D eigenvalue weighted by atomic mass is 32.2. The maximum Gasteiger partial charge on any atom is 0.0925 e. The van der Waals surface area contributed by atoms with Crippen LogP contribution in [0.2, 0.25) is 0 Å². The van der Waals surface area contributed by atoms with E-state index in [1.165, 1.54) is 16.7 Å². The van der Waals surface area contributed by atoms with E-state index in [4.69, 9.17) is 0 Å². The highest BCUT2D eigenvalue weighted by molar-refractivity contribution is 7.86. The second-order valence-corrected chi connectivity index (χ2v) is 11.1. The van der Waals surface area contributed by atoms with Gasteiger partial charge < -0.3 is 5.11 Å². The van der Waals surface area contributed by atoms with Crippen molar-refractivity contribution in [3.63, 3.8) is 0 Å². The van der Waals surface area contributed by atoms with E-state index in [2.05, 4.69) is 53.7 Å². The van der Waals surface area contributed by atoms with Crippen LogP contribution in [0.1, 0.15) is 107 Å². The molecule has 0 spiro atoms. The first-order chi connectivity index (χ1) is 11.6. The molecule has 2 saturated heterocycles. The second kappa shape index (κ2) is 6.81. The minimum absolute atomic E-state index is 0.175. The van der Waals surface area contributed by atoms with Gasteiger partial charge in [0.2, 0.25) is 0 Å². The van der Waals surface area contributed by atoms with Crippen molar-refractivity contribution in [1.82, 2.24) is 0 Å². The highest BCUT2D eigenvalue weighted by Gasteiger charge is 2.50. The first kappa shape index (κ1) is 19.1. The summed E-state index contributed by atoms with van der Waals surface area (Å²) in [5, 5.41) is 12.1. The Labute approximate surface area is 155 Å². The van der Waals surface area contributed by atoms with Gasteiger partial charge in [0.05, 0.1) is 5.60 Å². The molecule has 2 nitrogen and oxygen atoms in total. The predicted molar refractivity (Wildman–Crippen MR) is 107 cm³/mol. The van der Waals surface area contributed by atoms with Crippen molar-refractivity contribution >= 4 is 10.8 Å². The third kappa shape index (κ3) is 3.35. The molecule has 0 radical (unpaired) electrons. The van der Waals surface area contributed by atoms with Crippen LogP contribution in [0.5, 0.6) is 0 Å². The molecule has 2 fully saturated rings. The van der Waals surface area contributed by atoms with Gasteiger partial charge in [-0.05, 0) is 65.7 Å². The molecular formula is C22H34O2S. The molecule has 0 amide bonds. The smallest absolute Gasteiger partial charge is 0.0925 e. The summed E-state index contributed by atoms with van der Waals surface area (Å²) < 4.78 is 12.5. The maximum absolute atomic E-state index is 12.5. The van der Waals surface area contributed by atoms with Gasteiger partial charge in [0.1, 0.15) is 0 Å². The van der Waals surface area contributed by atoms with Crippen molar-refractivity contribution in [3.8, 4) is 0 Å². The minimum atomic E-state index is -0.811. The second-order valence-electron chi connectivity index (χ2n) is 9.13. The Morgan fingerprint density at radius 3 is 1.72 bits per heavy atom. The molecule has 2 aliphatic rings. The number of rotatable bonds is 4. The van der Waals surface area contributed by atoms with Crippen molar-refractivity contribution in [1.29, 1.82) is 0 Å². The summed E-state index contributed by atoms with van der Waals surface area (Å²) in [7, 11) is -0.745. The number of benzene rings is 1. The molecular weight excluding hydrogens is 328 g/mol. The van der Waals surface area contributed by atoms with Crippen LogP contribution in [-0.2, 0) is 16.4 Å². The third-order valence-corrected chi connectivity index (χ3v) is 8.31. The fourth-order valence-corrected chi connectivity index (χ4v) is 6.94. The molecule has 140 valence electrons. The van der Waals surface area contributed by atoms with Crippen molar-refractivity contribution in [2.45, 2.75) is 101 Å². The van der Waals surface area contributed by atoms with Crippen LogP contribution in [0, 0.1) is 0 Å². The summed E-state index contributed by atoms with van der Waals surface area (Å²) in [4.78, 5) is 0. The van der Waals surface area contributed by atoms with Crippen LogP contribution in [-0.4, -0.2) is 19.8 Å². The van der Waals surface area contributed by atoms with Crippen LogP contribution in [0.15, 0.2) is 12.1 Å². The van der Waals surface area contributed by atoms with E-state index in [9.17, 15) is 9.32 Å². The molecule has 1 N–H and O–H groups in total. The van der Waals surface area contributed by atoms with E-state index in [0.29, 0.717) is 30.6 Å². The Kier molecular flexibility index (Phi) is 5.20. The third-order valence-electron chi connectivity index (χ3n) is 6.20. The SMILES string of the molecule is CC(C)c1cc(C(C)C)c(C2(O)CC3CCC(C2)S3=O)c(C(C)C)c1. The summed E-state index contributed by atoms with van der Waals surface area (Å²) in [6.45, 7) is 13.4. The van der Waals surface area contributed by atoms with Crippen molar-refractivity contribution in [3.05, 3.63) is 34.4 Å². The Morgan fingerprint density at radius 1 is 0.920 bits per heavy atom. The van der Waals surface area contributed by atoms with Gasteiger partial charge in [-0.15, -0.1) is 0 Å². The van der Waals surface area contributed by atoms with Gasteiger partial charge in [-0.1, -0.05) is 53.7 Å². The molecule has 1 aromatic carbocycles. The van der Waals surface area contributed by atoms with Gasteiger partial charge in [0.15, 0.2) is 0 Å². The van der Waals surface area contributed by atoms with Gasteiger partial charge in [-0.2, -0.15) is 0 Å². The summed E-state index contributed by atoms with van der Waals surface area (Å²) in [6.07, 6.45) is 3.35. The Hall–Kier alpha value is -0.670. The van der Waals surface area contributed by atoms with E-state index >= 15 is 0 Å². The summed E-state index contributed by atoms with van der Waals surface area (Å²) >= 11 is 0. The monoisotopic (exact) mass is 362 g/mol. The van der Waals surface area contributed by atoms with Crippen LogP contribution in [0.25, 0.3) is 0 Å². The number of fused-ring (bicyclic) bond motifs is 2. The molecule has 1 aromatic rings. The van der Waals surface area contributed by atoms with Gasteiger partial charge >= 0.3 is 0 Å². The molecule has 2 atom stereocenters. The molecule has 0 saturated carbocycles. The van der Waals surface area contributed by atoms with Crippen LogP contribution >= 0.6 is 0 Å². The van der Waals surface area contributed by atoms with Gasteiger partial charge in [-0.25, -0.2) is 0 Å². The lowest BCUT2D eigenvalue weighted by molar-refractivity contribution is 0.0163. The Morgan fingerprint density at radius 2 is 1.36 bits per heavy atom. The average molecular weight is 363 g/mol. The quantitative estimate of drug-likeness (QED) is 0.787. The molecule has 2 bridgehead atoms. The number of aliphatic hydroxyl groups is 1. The largest absolute Gasteiger partial charge is 0.385 e. The lowest BCUT2D eigenvalue weighted by atomic mass is 9.74. The molecule has 3 heteroatoms. The van der Waals surface area contributed by atoms with E-state index < -0.39 is 16.4 Å². The fraction of sp³-hybridized carbons (Fsp3) is 0.727. The predicted octanol–water partition coefficient (Wildman–Crippen LogP) is 5.32. The zero-order valence-electron chi connectivity index (χ0n) is 16.6. The Balaban J connectivity index is 2.18. The van der Waals surface area contributed by atoms with Crippen LogP contribution in [0.3, 0.4) is 0 Å². The summed E-state index contributed by atoms with van der Waals surface area (Å²) in [5.74, 6) is 1.23. The molecule has 25 heavy (non-hydrogen) atoms. The first-order valence-electron chi connectivity index (χ1n) is 9.94. The molecule has 0 aliphatic carbocycles. The number of hydrogen-bond donors (Lipinski definition) is 1. The molecule has 0 aromatic heterocycles. The van der Waals surface area contributed by atoms with Crippen molar-refractivity contribution in [2.75, 3.05) is 0 Å².